The summed E-state index contributed by atoms with van der Waals surface area (Å²) in [4.78, 5) is 0. The Labute approximate surface area is 107 Å². The summed E-state index contributed by atoms with van der Waals surface area (Å²) >= 11 is 0. The van der Waals surface area contributed by atoms with E-state index in [-0.39, 0.29) is 0 Å². The van der Waals surface area contributed by atoms with E-state index in [1.807, 2.05) is 12.1 Å². The van der Waals surface area contributed by atoms with Gasteiger partial charge in [0, 0.05) is 10.8 Å². The Morgan fingerprint density at radius 2 is 1.83 bits per heavy atom. The first-order chi connectivity index (χ1) is 8.74. The smallest absolute Gasteiger partial charge is 0.135 e. The number of benzene rings is 2. The molecule has 1 nitrogen and oxygen atoms in total. The minimum absolute atomic E-state index is 0.963. The van der Waals surface area contributed by atoms with E-state index in [4.69, 9.17) is 4.42 Å². The van der Waals surface area contributed by atoms with Crippen molar-refractivity contribution < 1.29 is 4.42 Å². The zero-order valence-corrected chi connectivity index (χ0v) is 10.6. The molecule has 0 spiro atoms. The number of hydrogen-bond donors (Lipinski definition) is 0. The molecule has 18 heavy (non-hydrogen) atoms. The zero-order valence-electron chi connectivity index (χ0n) is 10.6. The average Bonchev–Trinajstić information content (AvgIpc) is 2.74. The molecule has 0 aliphatic rings. The second kappa shape index (κ2) is 4.34. The molecule has 3 rings (SSSR count). The van der Waals surface area contributed by atoms with E-state index < -0.39 is 0 Å². The van der Waals surface area contributed by atoms with Crippen molar-refractivity contribution in [3.8, 4) is 0 Å². The average molecular weight is 236 g/mol. The van der Waals surface area contributed by atoms with Crippen LogP contribution in [0.3, 0.4) is 0 Å². The van der Waals surface area contributed by atoms with Crippen molar-refractivity contribution in [2.75, 3.05) is 0 Å². The zero-order chi connectivity index (χ0) is 12.5. The first-order valence-corrected chi connectivity index (χ1v) is 6.28. The van der Waals surface area contributed by atoms with Crippen LogP contribution >= 0.6 is 0 Å². The lowest BCUT2D eigenvalue weighted by Gasteiger charge is -2.01. The molecule has 1 heterocycles. The highest BCUT2D eigenvalue weighted by Gasteiger charge is 2.06. The van der Waals surface area contributed by atoms with Gasteiger partial charge >= 0.3 is 0 Å². The number of fused-ring (bicyclic) bond motifs is 3. The van der Waals surface area contributed by atoms with E-state index in [1.165, 1.54) is 21.9 Å². The summed E-state index contributed by atoms with van der Waals surface area (Å²) < 4.78 is 5.82. The van der Waals surface area contributed by atoms with Gasteiger partial charge in [-0.05, 0) is 43.5 Å². The van der Waals surface area contributed by atoms with Crippen molar-refractivity contribution in [1.82, 2.24) is 0 Å². The molecule has 0 aliphatic carbocycles. The van der Waals surface area contributed by atoms with E-state index in [0.717, 1.165) is 24.0 Å². The van der Waals surface area contributed by atoms with Crippen LogP contribution < -0.4 is 0 Å². The molecular formula is C17H16O. The van der Waals surface area contributed by atoms with Gasteiger partial charge in [-0.1, -0.05) is 29.8 Å². The van der Waals surface area contributed by atoms with Crippen LogP contribution in [0.4, 0.5) is 0 Å². The standard InChI is InChI=1S/C17H16O/c1-12(2)7-8-13-9-10-17-15(11-13)14-5-3-4-6-16(14)18-17/h3-6,9-11H,1,7-8H2,2H3. The SMILES string of the molecule is C=C(C)CCc1ccc2oc3ccccc3c2c1. The second-order valence-electron chi connectivity index (χ2n) is 4.89. The Balaban J connectivity index is 2.09. The summed E-state index contributed by atoms with van der Waals surface area (Å²) in [6.07, 6.45) is 2.09. The van der Waals surface area contributed by atoms with Crippen molar-refractivity contribution >= 4 is 21.9 Å². The third kappa shape index (κ3) is 1.92. The van der Waals surface area contributed by atoms with Crippen molar-refractivity contribution in [1.29, 1.82) is 0 Å². The second-order valence-corrected chi connectivity index (χ2v) is 4.89. The van der Waals surface area contributed by atoms with Gasteiger partial charge in [-0.25, -0.2) is 0 Å². The normalized spacial score (nSPS) is 11.2. The number of aryl methyl sites for hydroxylation is 1. The molecule has 1 aromatic heterocycles. The summed E-state index contributed by atoms with van der Waals surface area (Å²) in [5.41, 5.74) is 4.50. The van der Waals surface area contributed by atoms with Crippen LogP contribution in [0.2, 0.25) is 0 Å². The number of para-hydroxylation sites is 1. The molecule has 0 bridgehead atoms. The lowest BCUT2D eigenvalue weighted by molar-refractivity contribution is 0.668. The topological polar surface area (TPSA) is 13.1 Å². The quantitative estimate of drug-likeness (QED) is 0.577. The Morgan fingerprint density at radius 1 is 1.06 bits per heavy atom. The number of furan rings is 1. The summed E-state index contributed by atoms with van der Waals surface area (Å²) in [5.74, 6) is 0. The fourth-order valence-electron chi connectivity index (χ4n) is 2.29. The van der Waals surface area contributed by atoms with Gasteiger partial charge in [0.05, 0.1) is 0 Å². The molecule has 0 unspecified atom stereocenters. The van der Waals surface area contributed by atoms with Gasteiger partial charge < -0.3 is 4.42 Å². The molecule has 1 heteroatoms. The molecule has 2 aromatic carbocycles. The summed E-state index contributed by atoms with van der Waals surface area (Å²) in [6.45, 7) is 6.03. The molecule has 0 saturated carbocycles. The highest BCUT2D eigenvalue weighted by Crippen LogP contribution is 2.29. The van der Waals surface area contributed by atoms with Gasteiger partial charge in [-0.2, -0.15) is 0 Å². The molecule has 0 atom stereocenters. The highest BCUT2D eigenvalue weighted by atomic mass is 16.3. The predicted octanol–water partition coefficient (Wildman–Crippen LogP) is 5.09. The van der Waals surface area contributed by atoms with E-state index >= 15 is 0 Å². The van der Waals surface area contributed by atoms with E-state index in [9.17, 15) is 0 Å². The maximum atomic E-state index is 5.82. The Morgan fingerprint density at radius 3 is 2.67 bits per heavy atom. The van der Waals surface area contributed by atoms with Crippen LogP contribution in [0.5, 0.6) is 0 Å². The third-order valence-corrected chi connectivity index (χ3v) is 3.28. The molecule has 3 aromatic rings. The fraction of sp³-hybridized carbons (Fsp3) is 0.176. The highest BCUT2D eigenvalue weighted by molar-refractivity contribution is 6.04. The van der Waals surface area contributed by atoms with Crippen molar-refractivity contribution in [3.63, 3.8) is 0 Å². The first-order valence-electron chi connectivity index (χ1n) is 6.28. The van der Waals surface area contributed by atoms with Gasteiger partial charge in [0.2, 0.25) is 0 Å². The molecule has 0 N–H and O–H groups in total. The van der Waals surface area contributed by atoms with E-state index in [1.54, 1.807) is 0 Å². The van der Waals surface area contributed by atoms with Gasteiger partial charge in [-0.15, -0.1) is 6.58 Å². The van der Waals surface area contributed by atoms with Crippen molar-refractivity contribution in [3.05, 3.63) is 60.2 Å². The van der Waals surface area contributed by atoms with Gasteiger partial charge in [0.1, 0.15) is 11.2 Å². The van der Waals surface area contributed by atoms with Crippen molar-refractivity contribution in [2.24, 2.45) is 0 Å². The van der Waals surface area contributed by atoms with Gasteiger partial charge in [-0.3, -0.25) is 0 Å². The maximum absolute atomic E-state index is 5.82. The Bertz CT molecular complexity index is 719. The predicted molar refractivity (Wildman–Crippen MR) is 76.9 cm³/mol. The molecule has 0 aliphatic heterocycles. The molecule has 0 saturated heterocycles. The molecule has 0 radical (unpaired) electrons. The molecular weight excluding hydrogens is 220 g/mol. The minimum Gasteiger partial charge on any atom is -0.456 e. The van der Waals surface area contributed by atoms with Gasteiger partial charge in [0.15, 0.2) is 0 Å². The summed E-state index contributed by atoms with van der Waals surface area (Å²) in [7, 11) is 0. The largest absolute Gasteiger partial charge is 0.456 e. The number of rotatable bonds is 3. The number of hydrogen-bond acceptors (Lipinski definition) is 1. The Kier molecular flexibility index (Phi) is 2.67. The molecule has 90 valence electrons. The number of allylic oxidation sites excluding steroid dienone is 1. The van der Waals surface area contributed by atoms with E-state index in [2.05, 4.69) is 43.8 Å². The van der Waals surface area contributed by atoms with Crippen LogP contribution in [0, 0.1) is 0 Å². The van der Waals surface area contributed by atoms with Crippen LogP contribution in [0.1, 0.15) is 18.9 Å². The van der Waals surface area contributed by atoms with Crippen LogP contribution in [-0.2, 0) is 6.42 Å². The fourth-order valence-corrected chi connectivity index (χ4v) is 2.29. The van der Waals surface area contributed by atoms with Crippen LogP contribution in [0.15, 0.2) is 59.0 Å². The summed E-state index contributed by atoms with van der Waals surface area (Å²) in [5, 5.41) is 2.41. The molecule has 0 fully saturated rings. The van der Waals surface area contributed by atoms with Gasteiger partial charge in [0.25, 0.3) is 0 Å². The summed E-state index contributed by atoms with van der Waals surface area (Å²) in [6, 6.07) is 14.7. The van der Waals surface area contributed by atoms with Crippen molar-refractivity contribution in [2.45, 2.75) is 19.8 Å². The Hall–Kier alpha value is -2.02. The lowest BCUT2D eigenvalue weighted by Crippen LogP contribution is -1.85. The first kappa shape index (κ1) is 11.1. The lowest BCUT2D eigenvalue weighted by atomic mass is 10.0. The molecule has 0 amide bonds. The monoisotopic (exact) mass is 236 g/mol. The van der Waals surface area contributed by atoms with Crippen LogP contribution in [0.25, 0.3) is 21.9 Å². The minimum atomic E-state index is 0.963. The maximum Gasteiger partial charge on any atom is 0.135 e. The van der Waals surface area contributed by atoms with Crippen LogP contribution in [-0.4, -0.2) is 0 Å². The van der Waals surface area contributed by atoms with E-state index in [0.29, 0.717) is 0 Å². The third-order valence-electron chi connectivity index (χ3n) is 3.28.